The van der Waals surface area contributed by atoms with E-state index in [0.29, 0.717) is 17.6 Å². The number of amides is 1. The zero-order valence-corrected chi connectivity index (χ0v) is 25.1. The molecule has 0 atom stereocenters. The second kappa shape index (κ2) is 11.8. The zero-order chi connectivity index (χ0) is 28.4. The van der Waals surface area contributed by atoms with E-state index in [0.717, 1.165) is 73.8 Å². The van der Waals surface area contributed by atoms with Gasteiger partial charge in [-0.2, -0.15) is 4.98 Å². The molecule has 3 aliphatic rings. The summed E-state index contributed by atoms with van der Waals surface area (Å²) >= 11 is 0. The fraction of sp³-hybridized carbons (Fsp3) is 0.594. The number of likely N-dealkylation sites (tertiary alicyclic amines) is 1. The van der Waals surface area contributed by atoms with E-state index < -0.39 is 0 Å². The highest BCUT2D eigenvalue weighted by Crippen LogP contribution is 2.43. The number of nitrogens with zero attached hydrogens (tertiary/aromatic N) is 5. The summed E-state index contributed by atoms with van der Waals surface area (Å²) in [4.78, 5) is 30.0. The number of rotatable bonds is 7. The van der Waals surface area contributed by atoms with Crippen LogP contribution in [0.3, 0.4) is 0 Å². The lowest BCUT2D eigenvalue weighted by molar-refractivity contribution is 0.0917. The second-order valence-electron chi connectivity index (χ2n) is 12.7. The van der Waals surface area contributed by atoms with Crippen molar-refractivity contribution in [2.45, 2.75) is 84.2 Å². The number of aromatic nitrogens is 2. The maximum Gasteiger partial charge on any atom is 0.251 e. The third kappa shape index (κ3) is 5.97. The first-order valence-corrected chi connectivity index (χ1v) is 15.1. The van der Waals surface area contributed by atoms with Crippen LogP contribution >= 0.6 is 0 Å². The molecule has 216 valence electrons. The Labute approximate surface area is 240 Å². The highest BCUT2D eigenvalue weighted by atomic mass is 16.1. The van der Waals surface area contributed by atoms with Crippen molar-refractivity contribution in [2.75, 3.05) is 48.8 Å². The number of hydrogen-bond donors (Lipinski definition) is 2. The van der Waals surface area contributed by atoms with Crippen LogP contribution in [0.15, 0.2) is 36.7 Å². The van der Waals surface area contributed by atoms with E-state index in [9.17, 15) is 4.79 Å². The number of anilines is 4. The topological polar surface area (TPSA) is 76.6 Å². The van der Waals surface area contributed by atoms with Crippen LogP contribution in [0.1, 0.15) is 81.6 Å². The number of fused-ring (bicyclic) bond motifs is 1. The van der Waals surface area contributed by atoms with Crippen LogP contribution in [-0.2, 0) is 6.42 Å². The lowest BCUT2D eigenvalue weighted by Crippen LogP contribution is -2.43. The standard InChI is InChI=1S/C32H47N7O/c1-7-10-23-19-24(30(40)34-25-15-17-37(5)18-16-25)13-14-27(23)35-31-33-20-28-29(36-31)39(26-11-8-9-12-26)21-32(3,4)22(2)38(28)6/h13-14,19-20,25-26H,2,7-12,15-18,21H2,1,3-6H3,(H,34,40)(H,33,35,36). The largest absolute Gasteiger partial charge is 0.351 e. The van der Waals surface area contributed by atoms with E-state index >= 15 is 0 Å². The summed E-state index contributed by atoms with van der Waals surface area (Å²) in [6.45, 7) is 14.1. The molecule has 5 rings (SSSR count). The molecule has 0 radical (unpaired) electrons. The molecule has 0 unspecified atom stereocenters. The number of carbonyl (C=O) groups is 1. The van der Waals surface area contributed by atoms with Gasteiger partial charge >= 0.3 is 0 Å². The maximum absolute atomic E-state index is 13.1. The smallest absolute Gasteiger partial charge is 0.251 e. The molecule has 1 amide bonds. The van der Waals surface area contributed by atoms with Gasteiger partial charge in [-0.3, -0.25) is 4.79 Å². The minimum atomic E-state index is -0.0795. The van der Waals surface area contributed by atoms with Gasteiger partial charge in [0.2, 0.25) is 5.95 Å². The fourth-order valence-electron chi connectivity index (χ4n) is 6.46. The Kier molecular flexibility index (Phi) is 8.36. The second-order valence-corrected chi connectivity index (χ2v) is 12.7. The van der Waals surface area contributed by atoms with Crippen LogP contribution in [0, 0.1) is 5.41 Å². The van der Waals surface area contributed by atoms with Crippen LogP contribution in [0.5, 0.6) is 0 Å². The molecule has 1 aromatic carbocycles. The average Bonchev–Trinajstić information content (AvgIpc) is 3.46. The molecule has 3 heterocycles. The summed E-state index contributed by atoms with van der Waals surface area (Å²) in [7, 11) is 4.21. The zero-order valence-electron chi connectivity index (χ0n) is 25.1. The lowest BCUT2D eigenvalue weighted by atomic mass is 9.88. The van der Waals surface area contributed by atoms with Gasteiger partial charge in [-0.05, 0) is 76.0 Å². The maximum atomic E-state index is 13.1. The lowest BCUT2D eigenvalue weighted by Gasteiger charge is -2.36. The number of nitrogens with one attached hydrogen (secondary N) is 2. The summed E-state index contributed by atoms with van der Waals surface area (Å²) < 4.78 is 0. The Morgan fingerprint density at radius 2 is 1.85 bits per heavy atom. The first-order valence-electron chi connectivity index (χ1n) is 15.1. The first kappa shape index (κ1) is 28.4. The van der Waals surface area contributed by atoms with Crippen LogP contribution in [0.4, 0.5) is 23.1 Å². The van der Waals surface area contributed by atoms with E-state index in [1.54, 1.807) is 0 Å². The SMILES string of the molecule is C=C1N(C)c2cnc(Nc3ccc(C(=O)NC4CCN(C)CC4)cc3CCC)nc2N(C2CCCC2)CC1(C)C. The van der Waals surface area contributed by atoms with Crippen molar-refractivity contribution in [3.63, 3.8) is 0 Å². The van der Waals surface area contributed by atoms with Crippen molar-refractivity contribution in [3.8, 4) is 0 Å². The number of aryl methyl sites for hydroxylation is 1. The molecule has 2 aromatic rings. The van der Waals surface area contributed by atoms with Gasteiger partial charge in [-0.25, -0.2) is 4.98 Å². The molecule has 1 saturated heterocycles. The Bertz CT molecular complexity index is 1230. The van der Waals surface area contributed by atoms with Gasteiger partial charge in [0.15, 0.2) is 5.82 Å². The van der Waals surface area contributed by atoms with Crippen molar-refractivity contribution >= 4 is 29.0 Å². The summed E-state index contributed by atoms with van der Waals surface area (Å²) in [6, 6.07) is 6.68. The minimum Gasteiger partial charge on any atom is -0.351 e. The van der Waals surface area contributed by atoms with Gasteiger partial charge in [0.25, 0.3) is 5.91 Å². The summed E-state index contributed by atoms with van der Waals surface area (Å²) in [5.41, 5.74) is 4.78. The monoisotopic (exact) mass is 545 g/mol. The molecule has 2 N–H and O–H groups in total. The third-order valence-electron chi connectivity index (χ3n) is 9.09. The van der Waals surface area contributed by atoms with Gasteiger partial charge in [-0.15, -0.1) is 0 Å². The first-order chi connectivity index (χ1) is 19.2. The van der Waals surface area contributed by atoms with Gasteiger partial charge in [-0.1, -0.05) is 46.6 Å². The molecule has 0 bridgehead atoms. The van der Waals surface area contributed by atoms with Crippen molar-refractivity contribution in [2.24, 2.45) is 5.41 Å². The van der Waals surface area contributed by atoms with Crippen molar-refractivity contribution in [1.82, 2.24) is 20.2 Å². The van der Waals surface area contributed by atoms with Crippen LogP contribution < -0.4 is 20.4 Å². The summed E-state index contributed by atoms with van der Waals surface area (Å²) in [6.07, 6.45) is 10.7. The molecule has 1 saturated carbocycles. The molecule has 2 fully saturated rings. The molecule has 1 aromatic heterocycles. The summed E-state index contributed by atoms with van der Waals surface area (Å²) in [5.74, 6) is 1.57. The quantitative estimate of drug-likeness (QED) is 0.460. The Hall–Kier alpha value is -3.13. The minimum absolute atomic E-state index is 0.0119. The number of benzene rings is 1. The molecular formula is C32H47N7O. The van der Waals surface area contributed by atoms with E-state index in [2.05, 4.69) is 66.8 Å². The van der Waals surface area contributed by atoms with E-state index in [1.807, 2.05) is 24.4 Å². The fourth-order valence-corrected chi connectivity index (χ4v) is 6.46. The number of carbonyl (C=O) groups excluding carboxylic acids is 1. The Morgan fingerprint density at radius 1 is 1.12 bits per heavy atom. The predicted molar refractivity (Wildman–Crippen MR) is 165 cm³/mol. The third-order valence-corrected chi connectivity index (χ3v) is 9.09. The molecule has 40 heavy (non-hydrogen) atoms. The van der Waals surface area contributed by atoms with Crippen LogP contribution in [0.25, 0.3) is 0 Å². The van der Waals surface area contributed by atoms with Crippen LogP contribution in [-0.4, -0.2) is 66.6 Å². The van der Waals surface area contributed by atoms with E-state index in [4.69, 9.17) is 9.97 Å². The normalized spacial score (nSPS) is 20.4. The van der Waals surface area contributed by atoms with Gasteiger partial charge in [0.1, 0.15) is 5.69 Å². The van der Waals surface area contributed by atoms with Crippen molar-refractivity contribution in [3.05, 3.63) is 47.8 Å². The van der Waals surface area contributed by atoms with Crippen LogP contribution in [0.2, 0.25) is 0 Å². The number of hydrogen-bond acceptors (Lipinski definition) is 7. The summed E-state index contributed by atoms with van der Waals surface area (Å²) in [5, 5.41) is 6.76. The predicted octanol–water partition coefficient (Wildman–Crippen LogP) is 5.74. The molecule has 1 aliphatic carbocycles. The average molecular weight is 546 g/mol. The molecule has 8 nitrogen and oxygen atoms in total. The molecule has 0 spiro atoms. The molecule has 2 aliphatic heterocycles. The highest BCUT2D eigenvalue weighted by molar-refractivity contribution is 5.95. The van der Waals surface area contributed by atoms with Crippen molar-refractivity contribution < 1.29 is 4.79 Å². The molecule has 8 heteroatoms. The number of piperidine rings is 1. The highest BCUT2D eigenvalue weighted by Gasteiger charge is 2.38. The Balaban J connectivity index is 1.40. The van der Waals surface area contributed by atoms with E-state index in [1.165, 1.54) is 25.7 Å². The van der Waals surface area contributed by atoms with Gasteiger partial charge in [0.05, 0.1) is 6.20 Å². The van der Waals surface area contributed by atoms with E-state index in [-0.39, 0.29) is 17.4 Å². The van der Waals surface area contributed by atoms with Gasteiger partial charge < -0.3 is 25.3 Å². The molecular weight excluding hydrogens is 498 g/mol. The Morgan fingerprint density at radius 3 is 2.55 bits per heavy atom. The van der Waals surface area contributed by atoms with Gasteiger partial charge in [0, 0.05) is 48.0 Å². The van der Waals surface area contributed by atoms with Crippen molar-refractivity contribution in [1.29, 1.82) is 0 Å².